The number of ether oxygens (including phenoxy) is 1. The molecule has 0 saturated carbocycles. The molecule has 0 fully saturated rings. The number of benzene rings is 2. The van der Waals surface area contributed by atoms with Crippen LogP contribution in [0.15, 0.2) is 60.9 Å². The lowest BCUT2D eigenvalue weighted by Gasteiger charge is -2.19. The molecule has 2 N–H and O–H groups in total. The molecule has 0 bridgehead atoms. The highest BCUT2D eigenvalue weighted by Gasteiger charge is 2.16. The lowest BCUT2D eigenvalue weighted by Crippen LogP contribution is -2.27. The largest absolute Gasteiger partial charge is 0.444 e. The Hall–Kier alpha value is -3.48. The first-order valence-electron chi connectivity index (χ1n) is 8.74. The number of halogens is 1. The molecule has 0 spiro atoms. The minimum Gasteiger partial charge on any atom is -0.444 e. The molecule has 144 valence electrons. The third-order valence-electron chi connectivity index (χ3n) is 3.61. The van der Waals surface area contributed by atoms with Crippen LogP contribution in [0.5, 0.6) is 0 Å². The lowest BCUT2D eigenvalue weighted by atomic mass is 10.1. The second-order valence-corrected chi connectivity index (χ2v) is 7.12. The van der Waals surface area contributed by atoms with E-state index in [1.165, 1.54) is 18.5 Å². The first kappa shape index (κ1) is 19.3. The monoisotopic (exact) mass is 380 g/mol. The van der Waals surface area contributed by atoms with Crippen molar-refractivity contribution in [2.75, 3.05) is 10.6 Å². The van der Waals surface area contributed by atoms with E-state index in [4.69, 9.17) is 4.74 Å². The van der Waals surface area contributed by atoms with Gasteiger partial charge in [-0.15, -0.1) is 0 Å². The zero-order valence-corrected chi connectivity index (χ0v) is 15.9. The average molecular weight is 380 g/mol. The van der Waals surface area contributed by atoms with E-state index in [-0.39, 0.29) is 5.82 Å². The summed E-state index contributed by atoms with van der Waals surface area (Å²) in [5.41, 5.74) is 2.33. The Morgan fingerprint density at radius 3 is 2.25 bits per heavy atom. The Labute approximate surface area is 162 Å². The predicted molar refractivity (Wildman–Crippen MR) is 107 cm³/mol. The van der Waals surface area contributed by atoms with E-state index in [0.29, 0.717) is 17.2 Å². The number of hydrogen-bond acceptors (Lipinski definition) is 5. The molecule has 3 aromatic rings. The van der Waals surface area contributed by atoms with Crippen LogP contribution in [-0.2, 0) is 4.74 Å². The van der Waals surface area contributed by atoms with E-state index < -0.39 is 11.7 Å². The highest BCUT2D eigenvalue weighted by molar-refractivity contribution is 5.85. The number of rotatable bonds is 4. The molecule has 6 nitrogen and oxygen atoms in total. The van der Waals surface area contributed by atoms with Gasteiger partial charge in [0.2, 0.25) is 0 Å². The van der Waals surface area contributed by atoms with Crippen LogP contribution in [0.1, 0.15) is 20.8 Å². The molecule has 0 aliphatic carbocycles. The Morgan fingerprint density at radius 2 is 1.61 bits per heavy atom. The van der Waals surface area contributed by atoms with Crippen LogP contribution in [0.3, 0.4) is 0 Å². The molecule has 1 amide bonds. The van der Waals surface area contributed by atoms with Crippen molar-refractivity contribution in [2.45, 2.75) is 26.4 Å². The van der Waals surface area contributed by atoms with E-state index in [0.717, 1.165) is 11.3 Å². The van der Waals surface area contributed by atoms with Gasteiger partial charge in [0.25, 0.3) is 0 Å². The van der Waals surface area contributed by atoms with E-state index >= 15 is 0 Å². The van der Waals surface area contributed by atoms with Gasteiger partial charge in [-0.05, 0) is 69.3 Å². The Kier molecular flexibility index (Phi) is 5.54. The molecule has 1 aromatic heterocycles. The molecule has 28 heavy (non-hydrogen) atoms. The fourth-order valence-electron chi connectivity index (χ4n) is 2.41. The lowest BCUT2D eigenvalue weighted by molar-refractivity contribution is 0.0636. The first-order valence-corrected chi connectivity index (χ1v) is 8.74. The quantitative estimate of drug-likeness (QED) is 0.636. The summed E-state index contributed by atoms with van der Waals surface area (Å²) in [6.07, 6.45) is 0.937. The number of carbonyl (C=O) groups is 1. The highest BCUT2D eigenvalue weighted by atomic mass is 19.1. The third-order valence-corrected chi connectivity index (χ3v) is 3.61. The minimum atomic E-state index is -0.555. The molecule has 7 heteroatoms. The van der Waals surface area contributed by atoms with E-state index in [1.54, 1.807) is 30.3 Å². The van der Waals surface area contributed by atoms with Crippen molar-refractivity contribution in [1.29, 1.82) is 0 Å². The number of aromatic nitrogens is 2. The van der Waals surface area contributed by atoms with Gasteiger partial charge in [-0.3, -0.25) is 5.32 Å². The van der Waals surface area contributed by atoms with Crippen molar-refractivity contribution in [3.8, 4) is 11.3 Å². The van der Waals surface area contributed by atoms with Crippen LogP contribution in [0.25, 0.3) is 11.3 Å². The normalized spacial score (nSPS) is 11.0. The van der Waals surface area contributed by atoms with Crippen LogP contribution in [0.2, 0.25) is 0 Å². The molecule has 3 rings (SSSR count). The van der Waals surface area contributed by atoms with E-state index in [9.17, 15) is 9.18 Å². The molecule has 0 aliphatic heterocycles. The molecule has 1 heterocycles. The number of carbonyl (C=O) groups excluding carboxylic acids is 1. The maximum Gasteiger partial charge on any atom is 0.412 e. The average Bonchev–Trinajstić information content (AvgIpc) is 2.63. The van der Waals surface area contributed by atoms with Crippen LogP contribution in [-0.4, -0.2) is 21.7 Å². The van der Waals surface area contributed by atoms with Crippen molar-refractivity contribution >= 4 is 23.3 Å². The maximum atomic E-state index is 13.1. The van der Waals surface area contributed by atoms with Gasteiger partial charge in [-0.2, -0.15) is 0 Å². The van der Waals surface area contributed by atoms with Gasteiger partial charge in [-0.25, -0.2) is 19.2 Å². The zero-order chi connectivity index (χ0) is 20.1. The Morgan fingerprint density at radius 1 is 0.964 bits per heavy atom. The van der Waals surface area contributed by atoms with E-state index in [2.05, 4.69) is 20.6 Å². The Bertz CT molecular complexity index is 951. The smallest absolute Gasteiger partial charge is 0.412 e. The van der Waals surface area contributed by atoms with Gasteiger partial charge in [0.15, 0.2) is 0 Å². The summed E-state index contributed by atoms with van der Waals surface area (Å²) in [6, 6.07) is 15.0. The topological polar surface area (TPSA) is 76.1 Å². The SMILES string of the molecule is CC(C)(C)OC(=O)Nc1ccc(Nc2cc(-c3ccc(F)cc3)ncn2)cc1. The van der Waals surface area contributed by atoms with Crippen molar-refractivity contribution in [1.82, 2.24) is 9.97 Å². The number of amides is 1. The summed E-state index contributed by atoms with van der Waals surface area (Å²) in [6.45, 7) is 5.42. The summed E-state index contributed by atoms with van der Waals surface area (Å²) in [7, 11) is 0. The van der Waals surface area contributed by atoms with Gasteiger partial charge >= 0.3 is 6.09 Å². The maximum absolute atomic E-state index is 13.1. The minimum absolute atomic E-state index is 0.295. The number of nitrogens with zero attached hydrogens (tertiary/aromatic N) is 2. The fraction of sp³-hybridized carbons (Fsp3) is 0.190. The number of nitrogens with one attached hydrogen (secondary N) is 2. The molecule has 0 radical (unpaired) electrons. The molecule has 0 saturated heterocycles. The summed E-state index contributed by atoms with van der Waals surface area (Å²) in [5, 5.41) is 5.85. The van der Waals surface area contributed by atoms with Crippen molar-refractivity contribution < 1.29 is 13.9 Å². The van der Waals surface area contributed by atoms with Gasteiger partial charge in [0.05, 0.1) is 5.69 Å². The van der Waals surface area contributed by atoms with Gasteiger partial charge in [0.1, 0.15) is 23.6 Å². The molecule has 0 atom stereocenters. The number of anilines is 3. The summed E-state index contributed by atoms with van der Waals surface area (Å²) in [4.78, 5) is 20.2. The molecular weight excluding hydrogens is 359 g/mol. The first-order chi connectivity index (χ1) is 13.3. The second kappa shape index (κ2) is 8.04. The second-order valence-electron chi connectivity index (χ2n) is 7.12. The predicted octanol–water partition coefficient (Wildman–Crippen LogP) is 5.37. The van der Waals surface area contributed by atoms with Crippen molar-refractivity contribution in [2.24, 2.45) is 0 Å². The van der Waals surface area contributed by atoms with Crippen LogP contribution in [0, 0.1) is 5.82 Å². The summed E-state index contributed by atoms with van der Waals surface area (Å²) < 4.78 is 18.3. The zero-order valence-electron chi connectivity index (χ0n) is 15.9. The molecular formula is C21H21FN4O2. The fourth-order valence-corrected chi connectivity index (χ4v) is 2.41. The number of hydrogen-bond donors (Lipinski definition) is 2. The highest BCUT2D eigenvalue weighted by Crippen LogP contribution is 2.22. The van der Waals surface area contributed by atoms with E-state index in [1.807, 2.05) is 32.9 Å². The molecule has 0 unspecified atom stereocenters. The summed E-state index contributed by atoms with van der Waals surface area (Å²) >= 11 is 0. The third kappa shape index (κ3) is 5.51. The van der Waals surface area contributed by atoms with Crippen LogP contribution in [0.4, 0.5) is 26.4 Å². The van der Waals surface area contributed by atoms with Gasteiger partial charge in [-0.1, -0.05) is 0 Å². The Balaban J connectivity index is 1.66. The van der Waals surface area contributed by atoms with Gasteiger partial charge < -0.3 is 10.1 Å². The molecule has 0 aliphatic rings. The molecule has 2 aromatic carbocycles. The van der Waals surface area contributed by atoms with Crippen LogP contribution < -0.4 is 10.6 Å². The van der Waals surface area contributed by atoms with Gasteiger partial charge in [0, 0.05) is 23.0 Å². The summed E-state index contributed by atoms with van der Waals surface area (Å²) in [5.74, 6) is 0.304. The van der Waals surface area contributed by atoms with Crippen LogP contribution >= 0.6 is 0 Å². The van der Waals surface area contributed by atoms with Crippen molar-refractivity contribution in [3.63, 3.8) is 0 Å². The van der Waals surface area contributed by atoms with Crippen molar-refractivity contribution in [3.05, 3.63) is 66.7 Å². The standard InChI is InChI=1S/C21H21FN4O2/c1-21(2,3)28-20(27)26-17-10-8-16(9-11-17)25-19-12-18(23-13-24-19)14-4-6-15(22)7-5-14/h4-13H,1-3H3,(H,26,27)(H,23,24,25).